The Morgan fingerprint density at radius 1 is 1.07 bits per heavy atom. The zero-order chi connectivity index (χ0) is 19.9. The van der Waals surface area contributed by atoms with Crippen molar-refractivity contribution in [2.24, 2.45) is 0 Å². The van der Waals surface area contributed by atoms with E-state index in [0.717, 1.165) is 22.8 Å². The number of nitrogens with zero attached hydrogens (tertiary/aromatic N) is 1. The van der Waals surface area contributed by atoms with Crippen LogP contribution in [0.2, 0.25) is 10.0 Å². The van der Waals surface area contributed by atoms with Crippen molar-refractivity contribution in [1.29, 1.82) is 0 Å². The fourth-order valence-corrected chi connectivity index (χ4v) is 4.04. The van der Waals surface area contributed by atoms with Gasteiger partial charge in [-0.2, -0.15) is 11.8 Å². The maximum absolute atomic E-state index is 12.7. The zero-order valence-corrected chi connectivity index (χ0v) is 17.4. The number of ether oxygens (including phenoxy) is 1. The van der Waals surface area contributed by atoms with Gasteiger partial charge in [-0.1, -0.05) is 53.5 Å². The van der Waals surface area contributed by atoms with Crippen LogP contribution in [0.1, 0.15) is 21.5 Å². The number of benzene rings is 2. The molecule has 28 heavy (non-hydrogen) atoms. The molecule has 0 radical (unpaired) electrons. The van der Waals surface area contributed by atoms with Gasteiger partial charge in [0, 0.05) is 35.0 Å². The Balaban J connectivity index is 1.73. The normalized spacial score (nSPS) is 10.5. The number of halogens is 2. The molecule has 1 N–H and O–H groups in total. The number of pyridine rings is 1. The summed E-state index contributed by atoms with van der Waals surface area (Å²) in [5, 5.41) is 3.32. The molecule has 0 unspecified atom stereocenters. The molecule has 0 fully saturated rings. The van der Waals surface area contributed by atoms with Gasteiger partial charge in [-0.25, -0.2) is 0 Å². The first-order valence-corrected chi connectivity index (χ1v) is 10.4. The summed E-state index contributed by atoms with van der Waals surface area (Å²) in [6.45, 7) is 0. The van der Waals surface area contributed by atoms with E-state index < -0.39 is 0 Å². The van der Waals surface area contributed by atoms with Crippen LogP contribution in [0.3, 0.4) is 0 Å². The SMILES string of the molecule is COc1ccc(C(=O)Nc2c(Cl)cncc2Cl)cc1CSCc1ccccc1. The smallest absolute Gasteiger partial charge is 0.255 e. The molecule has 7 heteroatoms. The Morgan fingerprint density at radius 2 is 1.79 bits per heavy atom. The lowest BCUT2D eigenvalue weighted by Gasteiger charge is -2.12. The van der Waals surface area contributed by atoms with Gasteiger partial charge in [0.15, 0.2) is 0 Å². The molecule has 144 valence electrons. The molecule has 1 amide bonds. The maximum atomic E-state index is 12.7. The first kappa shape index (κ1) is 20.5. The van der Waals surface area contributed by atoms with Gasteiger partial charge in [0.1, 0.15) is 5.75 Å². The van der Waals surface area contributed by atoms with Gasteiger partial charge in [-0.05, 0) is 23.8 Å². The van der Waals surface area contributed by atoms with Gasteiger partial charge in [0.2, 0.25) is 0 Å². The minimum absolute atomic E-state index is 0.285. The van der Waals surface area contributed by atoms with E-state index in [0.29, 0.717) is 11.3 Å². The van der Waals surface area contributed by atoms with Crippen molar-refractivity contribution in [2.75, 3.05) is 12.4 Å². The van der Waals surface area contributed by atoms with Crippen LogP contribution in [0.5, 0.6) is 5.75 Å². The van der Waals surface area contributed by atoms with E-state index in [4.69, 9.17) is 27.9 Å². The molecule has 0 spiro atoms. The number of hydrogen-bond donors (Lipinski definition) is 1. The summed E-state index contributed by atoms with van der Waals surface area (Å²) in [4.78, 5) is 16.6. The Bertz CT molecular complexity index is 948. The molecule has 3 rings (SSSR count). The quantitative estimate of drug-likeness (QED) is 0.491. The van der Waals surface area contributed by atoms with E-state index in [1.54, 1.807) is 31.0 Å². The summed E-state index contributed by atoms with van der Waals surface area (Å²) in [7, 11) is 1.62. The average molecular weight is 433 g/mol. The number of methoxy groups -OCH3 is 1. The number of anilines is 1. The average Bonchev–Trinajstić information content (AvgIpc) is 2.71. The van der Waals surface area contributed by atoms with Crippen LogP contribution >= 0.6 is 35.0 Å². The minimum Gasteiger partial charge on any atom is -0.496 e. The predicted octanol–water partition coefficient (Wildman–Crippen LogP) is 6.08. The van der Waals surface area contributed by atoms with Gasteiger partial charge in [0.25, 0.3) is 5.91 Å². The summed E-state index contributed by atoms with van der Waals surface area (Å²) in [6, 6.07) is 15.6. The molecular weight excluding hydrogens is 415 g/mol. The minimum atomic E-state index is -0.299. The summed E-state index contributed by atoms with van der Waals surface area (Å²) in [6.07, 6.45) is 2.87. The molecular formula is C21H18Cl2N2O2S. The number of carbonyl (C=O) groups excluding carboxylic acids is 1. The van der Waals surface area contributed by atoms with Crippen molar-refractivity contribution in [1.82, 2.24) is 4.98 Å². The molecule has 4 nitrogen and oxygen atoms in total. The molecule has 1 aromatic heterocycles. The first-order valence-electron chi connectivity index (χ1n) is 8.47. The van der Waals surface area contributed by atoms with Crippen LogP contribution in [0.15, 0.2) is 60.9 Å². The summed E-state index contributed by atoms with van der Waals surface area (Å²) in [5.41, 5.74) is 3.05. The second-order valence-electron chi connectivity index (χ2n) is 5.94. The molecule has 0 saturated heterocycles. The second-order valence-corrected chi connectivity index (χ2v) is 7.74. The predicted molar refractivity (Wildman–Crippen MR) is 117 cm³/mol. The highest BCUT2D eigenvalue weighted by Gasteiger charge is 2.14. The largest absolute Gasteiger partial charge is 0.496 e. The Morgan fingerprint density at radius 3 is 2.46 bits per heavy atom. The zero-order valence-electron chi connectivity index (χ0n) is 15.1. The summed E-state index contributed by atoms with van der Waals surface area (Å²) >= 11 is 13.9. The number of hydrogen-bond acceptors (Lipinski definition) is 4. The van der Waals surface area contributed by atoms with E-state index in [2.05, 4.69) is 22.4 Å². The van der Waals surface area contributed by atoms with Crippen molar-refractivity contribution < 1.29 is 9.53 Å². The lowest BCUT2D eigenvalue weighted by molar-refractivity contribution is 0.102. The lowest BCUT2D eigenvalue weighted by Crippen LogP contribution is -2.13. The van der Waals surface area contributed by atoms with E-state index >= 15 is 0 Å². The van der Waals surface area contributed by atoms with Gasteiger partial charge < -0.3 is 10.1 Å². The number of amides is 1. The molecule has 0 aliphatic rings. The van der Waals surface area contributed by atoms with Gasteiger partial charge in [-0.3, -0.25) is 9.78 Å². The monoisotopic (exact) mass is 432 g/mol. The Hall–Kier alpha value is -2.21. The second kappa shape index (κ2) is 9.82. The summed E-state index contributed by atoms with van der Waals surface area (Å²) < 4.78 is 5.44. The molecule has 1 heterocycles. The fourth-order valence-electron chi connectivity index (χ4n) is 2.60. The van der Waals surface area contributed by atoms with Crippen molar-refractivity contribution in [3.8, 4) is 5.75 Å². The Labute approximate surface area is 178 Å². The number of rotatable bonds is 7. The van der Waals surface area contributed by atoms with Crippen LogP contribution in [-0.2, 0) is 11.5 Å². The van der Waals surface area contributed by atoms with E-state index in [9.17, 15) is 4.79 Å². The van der Waals surface area contributed by atoms with E-state index in [1.807, 2.05) is 24.3 Å². The number of aromatic nitrogens is 1. The van der Waals surface area contributed by atoms with Crippen molar-refractivity contribution in [3.63, 3.8) is 0 Å². The number of carbonyl (C=O) groups is 1. The van der Waals surface area contributed by atoms with Crippen molar-refractivity contribution >= 4 is 46.6 Å². The molecule has 0 atom stereocenters. The van der Waals surface area contributed by atoms with Crippen LogP contribution in [0, 0.1) is 0 Å². The fraction of sp³-hybridized carbons (Fsp3) is 0.143. The van der Waals surface area contributed by atoms with Crippen LogP contribution in [0.25, 0.3) is 0 Å². The third-order valence-corrected chi connectivity index (χ3v) is 5.63. The van der Waals surface area contributed by atoms with Crippen molar-refractivity contribution in [3.05, 3.63) is 87.7 Å². The lowest BCUT2D eigenvalue weighted by atomic mass is 10.1. The summed E-state index contributed by atoms with van der Waals surface area (Å²) in [5.74, 6) is 2.04. The highest BCUT2D eigenvalue weighted by Crippen LogP contribution is 2.30. The molecule has 2 aromatic carbocycles. The third kappa shape index (κ3) is 5.19. The number of nitrogens with one attached hydrogen (secondary N) is 1. The van der Waals surface area contributed by atoms with Gasteiger partial charge >= 0.3 is 0 Å². The van der Waals surface area contributed by atoms with Crippen molar-refractivity contribution in [2.45, 2.75) is 11.5 Å². The topological polar surface area (TPSA) is 51.2 Å². The highest BCUT2D eigenvalue weighted by molar-refractivity contribution is 7.97. The van der Waals surface area contributed by atoms with E-state index in [-0.39, 0.29) is 16.0 Å². The van der Waals surface area contributed by atoms with E-state index in [1.165, 1.54) is 18.0 Å². The van der Waals surface area contributed by atoms with Gasteiger partial charge in [-0.15, -0.1) is 0 Å². The molecule has 0 aliphatic carbocycles. The highest BCUT2D eigenvalue weighted by atomic mass is 35.5. The Kier molecular flexibility index (Phi) is 7.20. The van der Waals surface area contributed by atoms with Gasteiger partial charge in [0.05, 0.1) is 22.8 Å². The molecule has 0 saturated carbocycles. The molecule has 0 bridgehead atoms. The number of thioether (sulfide) groups is 1. The van der Waals surface area contributed by atoms with Crippen LogP contribution in [0.4, 0.5) is 5.69 Å². The third-order valence-electron chi connectivity index (χ3n) is 4.00. The standard InChI is InChI=1S/C21H18Cl2N2O2S/c1-27-19-8-7-15(21(26)25-20-17(22)10-24-11-18(20)23)9-16(19)13-28-12-14-5-3-2-4-6-14/h2-11H,12-13H2,1H3,(H,24,25,26). The first-order chi connectivity index (χ1) is 13.6. The molecule has 3 aromatic rings. The van der Waals surface area contributed by atoms with Crippen LogP contribution in [-0.4, -0.2) is 18.0 Å². The molecule has 0 aliphatic heterocycles. The maximum Gasteiger partial charge on any atom is 0.255 e. The van der Waals surface area contributed by atoms with Crippen LogP contribution < -0.4 is 10.1 Å².